The zero-order valence-corrected chi connectivity index (χ0v) is 19.8. The van der Waals surface area contributed by atoms with Crippen LogP contribution in [0.25, 0.3) is 32.2 Å². The topological polar surface area (TPSA) is 25.8 Å². The minimum absolute atomic E-state index is 0.0393. The molecule has 2 nitrogen and oxygen atoms in total. The number of hydrogen-bond acceptors (Lipinski definition) is 3. The largest absolute Gasteiger partial charge is 0.236 e. The summed E-state index contributed by atoms with van der Waals surface area (Å²) in [5.74, 6) is 0. The maximum atomic E-state index is 4.84. The van der Waals surface area contributed by atoms with Gasteiger partial charge < -0.3 is 0 Å². The molecule has 0 spiro atoms. The highest BCUT2D eigenvalue weighted by molar-refractivity contribution is 7.32. The van der Waals surface area contributed by atoms with E-state index in [4.69, 9.17) is 9.97 Å². The van der Waals surface area contributed by atoms with Gasteiger partial charge in [0, 0.05) is 16.4 Å². The number of rotatable bonds is 4. The molecule has 0 bridgehead atoms. The van der Waals surface area contributed by atoms with Gasteiger partial charge in [0.05, 0.1) is 13.8 Å². The first-order chi connectivity index (χ1) is 14.0. The van der Waals surface area contributed by atoms with Gasteiger partial charge in [-0.25, -0.2) is 9.97 Å². The van der Waals surface area contributed by atoms with Gasteiger partial charge in [-0.05, 0) is 38.5 Å². The Bertz CT molecular complexity index is 1240. The summed E-state index contributed by atoms with van der Waals surface area (Å²) >= 11 is 1.97. The minimum atomic E-state index is -1.54. The maximum absolute atomic E-state index is 4.84. The second-order valence-electron chi connectivity index (χ2n) is 8.92. The molecule has 1 aliphatic rings. The van der Waals surface area contributed by atoms with Crippen molar-refractivity contribution in [3.63, 3.8) is 0 Å². The van der Waals surface area contributed by atoms with Crippen molar-refractivity contribution in [2.45, 2.75) is 58.2 Å². The van der Waals surface area contributed by atoms with Gasteiger partial charge in [0.1, 0.15) is 11.2 Å². The Hall–Kier alpha value is -2.04. The molecule has 148 valence electrons. The SMILES string of the molecule is CC[Si](CC)(CC)c1sc2ncnc3c2c1C(C)(C)c1cc2ccccc2cc1-3. The lowest BCUT2D eigenvalue weighted by atomic mass is 9.71. The van der Waals surface area contributed by atoms with Crippen LogP contribution in [0.15, 0.2) is 42.7 Å². The Morgan fingerprint density at radius 2 is 1.59 bits per heavy atom. The lowest BCUT2D eigenvalue weighted by Crippen LogP contribution is -2.48. The van der Waals surface area contributed by atoms with Gasteiger partial charge in [0.15, 0.2) is 0 Å². The zero-order valence-electron chi connectivity index (χ0n) is 18.0. The fourth-order valence-electron chi connectivity index (χ4n) is 5.43. The quantitative estimate of drug-likeness (QED) is 0.339. The van der Waals surface area contributed by atoms with Gasteiger partial charge in [-0.1, -0.05) is 77.0 Å². The highest BCUT2D eigenvalue weighted by Gasteiger charge is 2.43. The van der Waals surface area contributed by atoms with Crippen molar-refractivity contribution >= 4 is 44.9 Å². The van der Waals surface area contributed by atoms with Crippen LogP contribution in [0.2, 0.25) is 18.1 Å². The standard InChI is InChI=1S/C25H28N2SSi/c1-6-29(7-2,8-3)24-21-20-22(26-15-27-23(20)28-24)18-13-16-11-9-10-12-17(16)14-19(18)25(21,4)5/h9-15H,6-8H2,1-5H3. The Balaban J connectivity index is 1.94. The van der Waals surface area contributed by atoms with Crippen LogP contribution in [-0.4, -0.2) is 18.0 Å². The highest BCUT2D eigenvalue weighted by Crippen LogP contribution is 2.50. The monoisotopic (exact) mass is 416 g/mol. The Morgan fingerprint density at radius 3 is 2.24 bits per heavy atom. The molecule has 0 radical (unpaired) electrons. The van der Waals surface area contributed by atoms with Crippen LogP contribution >= 0.6 is 11.3 Å². The predicted molar refractivity (Wildman–Crippen MR) is 129 cm³/mol. The predicted octanol–water partition coefficient (Wildman–Crippen LogP) is 6.87. The van der Waals surface area contributed by atoms with Crippen LogP contribution in [0, 0.1) is 0 Å². The zero-order chi connectivity index (χ0) is 20.4. The summed E-state index contributed by atoms with van der Waals surface area (Å²) in [6.07, 6.45) is 1.77. The number of nitrogens with zero attached hydrogens (tertiary/aromatic N) is 2. The number of benzene rings is 2. The molecule has 0 amide bonds. The van der Waals surface area contributed by atoms with Crippen molar-refractivity contribution in [2.75, 3.05) is 0 Å². The second-order valence-corrected chi connectivity index (χ2v) is 15.5. The van der Waals surface area contributed by atoms with Crippen LogP contribution in [0.1, 0.15) is 45.7 Å². The molecule has 5 rings (SSSR count). The van der Waals surface area contributed by atoms with Gasteiger partial charge in [0.25, 0.3) is 0 Å². The molecule has 4 aromatic rings. The number of aromatic nitrogens is 2. The molecule has 0 unspecified atom stereocenters. The Labute approximate surface area is 178 Å². The molecule has 0 saturated heterocycles. The molecule has 0 saturated carbocycles. The third-order valence-electron chi connectivity index (χ3n) is 7.44. The van der Waals surface area contributed by atoms with Gasteiger partial charge in [-0.2, -0.15) is 0 Å². The average molecular weight is 417 g/mol. The molecule has 29 heavy (non-hydrogen) atoms. The molecule has 1 aliphatic carbocycles. The normalized spacial score (nSPS) is 15.1. The lowest BCUT2D eigenvalue weighted by Gasteiger charge is -2.37. The first kappa shape index (κ1) is 19.0. The Kier molecular flexibility index (Phi) is 4.23. The minimum Gasteiger partial charge on any atom is -0.236 e. The number of hydrogen-bond donors (Lipinski definition) is 0. The van der Waals surface area contributed by atoms with Crippen LogP contribution in [0.5, 0.6) is 0 Å². The van der Waals surface area contributed by atoms with Crippen LogP contribution in [-0.2, 0) is 5.41 Å². The summed E-state index contributed by atoms with van der Waals surface area (Å²) in [4.78, 5) is 10.8. The van der Waals surface area contributed by atoms with Crippen LogP contribution in [0.4, 0.5) is 0 Å². The van der Waals surface area contributed by atoms with E-state index in [0.717, 1.165) is 5.69 Å². The van der Waals surface area contributed by atoms with Crippen molar-refractivity contribution in [3.8, 4) is 11.3 Å². The van der Waals surface area contributed by atoms with E-state index in [-0.39, 0.29) is 5.41 Å². The van der Waals surface area contributed by atoms with E-state index in [1.54, 1.807) is 10.8 Å². The van der Waals surface area contributed by atoms with Crippen molar-refractivity contribution in [3.05, 3.63) is 53.9 Å². The first-order valence-corrected chi connectivity index (χ1v) is 14.2. The summed E-state index contributed by atoms with van der Waals surface area (Å²) < 4.78 is 1.67. The van der Waals surface area contributed by atoms with E-state index in [0.29, 0.717) is 0 Å². The van der Waals surface area contributed by atoms with E-state index in [2.05, 4.69) is 71.0 Å². The third kappa shape index (κ3) is 2.45. The van der Waals surface area contributed by atoms with Gasteiger partial charge >= 0.3 is 0 Å². The van der Waals surface area contributed by atoms with Crippen molar-refractivity contribution < 1.29 is 0 Å². The van der Waals surface area contributed by atoms with Gasteiger partial charge in [0.2, 0.25) is 0 Å². The number of fused-ring (bicyclic) bond motifs is 3. The summed E-state index contributed by atoms with van der Waals surface area (Å²) in [5.41, 5.74) is 5.33. The molecular formula is C25H28N2SSi. The van der Waals surface area contributed by atoms with Gasteiger partial charge in [-0.3, -0.25) is 0 Å². The molecule has 4 heteroatoms. The molecule has 0 aliphatic heterocycles. The van der Waals surface area contributed by atoms with E-state index >= 15 is 0 Å². The molecule has 0 atom stereocenters. The maximum Gasteiger partial charge on any atom is 0.127 e. The van der Waals surface area contributed by atoms with Crippen LogP contribution < -0.4 is 4.50 Å². The lowest BCUT2D eigenvalue weighted by molar-refractivity contribution is 0.650. The van der Waals surface area contributed by atoms with E-state index < -0.39 is 8.07 Å². The summed E-state index contributed by atoms with van der Waals surface area (Å²) in [6.45, 7) is 12.0. The Morgan fingerprint density at radius 1 is 0.931 bits per heavy atom. The van der Waals surface area contributed by atoms with Crippen molar-refractivity contribution in [2.24, 2.45) is 0 Å². The molecule has 0 fully saturated rings. The first-order valence-electron chi connectivity index (χ1n) is 10.8. The molecule has 2 heterocycles. The second kappa shape index (κ2) is 6.48. The highest BCUT2D eigenvalue weighted by atomic mass is 32.1. The fourth-order valence-corrected chi connectivity index (χ4v) is 12.4. The van der Waals surface area contributed by atoms with Crippen molar-refractivity contribution in [1.82, 2.24) is 9.97 Å². The van der Waals surface area contributed by atoms with Crippen LogP contribution in [0.3, 0.4) is 0 Å². The molecule has 0 N–H and O–H groups in total. The third-order valence-corrected chi connectivity index (χ3v) is 15.2. The fraction of sp³-hybridized carbons (Fsp3) is 0.360. The average Bonchev–Trinajstić information content (AvgIpc) is 3.15. The van der Waals surface area contributed by atoms with Gasteiger partial charge in [-0.15, -0.1) is 11.3 Å². The molecular weight excluding hydrogens is 388 g/mol. The van der Waals surface area contributed by atoms with E-state index in [1.165, 1.54) is 55.8 Å². The number of thiophene rings is 1. The van der Waals surface area contributed by atoms with E-state index in [9.17, 15) is 0 Å². The molecule has 2 aromatic carbocycles. The van der Waals surface area contributed by atoms with E-state index in [1.807, 2.05) is 11.3 Å². The summed E-state index contributed by atoms with van der Waals surface area (Å²) in [6, 6.07) is 17.3. The summed E-state index contributed by atoms with van der Waals surface area (Å²) in [5, 5.41) is 3.93. The van der Waals surface area contributed by atoms with Crippen molar-refractivity contribution in [1.29, 1.82) is 0 Å². The summed E-state index contributed by atoms with van der Waals surface area (Å²) in [7, 11) is -1.54. The molecule has 2 aromatic heterocycles. The smallest absolute Gasteiger partial charge is 0.127 e.